The summed E-state index contributed by atoms with van der Waals surface area (Å²) in [4.78, 5) is 28.0. The minimum Gasteiger partial charge on any atom is -0.493 e. The number of aryl methyl sites for hydroxylation is 2. The zero-order valence-corrected chi connectivity index (χ0v) is 25.7. The van der Waals surface area contributed by atoms with Gasteiger partial charge in [-0.1, -0.05) is 54.6 Å². The molecule has 0 atom stereocenters. The summed E-state index contributed by atoms with van der Waals surface area (Å²) in [5.74, 6) is 0.855. The van der Waals surface area contributed by atoms with Gasteiger partial charge in [0.15, 0.2) is 0 Å². The van der Waals surface area contributed by atoms with Gasteiger partial charge in [-0.05, 0) is 73.9 Å². The molecule has 0 unspecified atom stereocenters. The Bertz CT molecular complexity index is 1560. The van der Waals surface area contributed by atoms with Gasteiger partial charge in [-0.3, -0.25) is 14.5 Å². The van der Waals surface area contributed by atoms with E-state index in [2.05, 4.69) is 77.4 Å². The van der Waals surface area contributed by atoms with Crippen molar-refractivity contribution in [2.75, 3.05) is 26.2 Å². The Kier molecular flexibility index (Phi) is 10.2. The molecule has 4 aromatic rings. The van der Waals surface area contributed by atoms with Crippen LogP contribution in [0.1, 0.15) is 52.8 Å². The Hall–Kier alpha value is -4.10. The number of hydrogen-bond donors (Lipinski definition) is 2. The van der Waals surface area contributed by atoms with Crippen molar-refractivity contribution in [2.45, 2.75) is 59.0 Å². The molecule has 0 spiro atoms. The van der Waals surface area contributed by atoms with Crippen molar-refractivity contribution >= 4 is 22.7 Å². The molecule has 1 aliphatic heterocycles. The van der Waals surface area contributed by atoms with E-state index in [1.165, 1.54) is 27.7 Å². The number of nitrogens with zero attached hydrogens (tertiary/aromatic N) is 2. The minimum atomic E-state index is -0.000219. The minimum absolute atomic E-state index is 0.000219. The summed E-state index contributed by atoms with van der Waals surface area (Å²) in [7, 11) is 2.10. The predicted molar refractivity (Wildman–Crippen MR) is 172 cm³/mol. The summed E-state index contributed by atoms with van der Waals surface area (Å²) in [5.41, 5.74) is 8.07. The first-order valence-electron chi connectivity index (χ1n) is 15.5. The van der Waals surface area contributed by atoms with E-state index in [-0.39, 0.29) is 11.8 Å². The number of benzene rings is 3. The van der Waals surface area contributed by atoms with Gasteiger partial charge in [0.05, 0.1) is 19.6 Å². The normalized spacial score (nSPS) is 15.0. The third-order valence-corrected chi connectivity index (χ3v) is 8.38. The standard InChI is InChI=1S/C36H44N4O3/c1-26-12-14-32-31(27(2)39(3)33(32)20-26)16-18-38-35(41)22-29-13-15-34-30(21-29)24-40(23-28-10-6-4-7-11-28)25-36(42)37-17-8-5-9-19-43-34/h4,6-7,10-15,20-21H,5,8-9,16-19,22-25H2,1-3H3,(H,37,42)(H,38,41). The highest BCUT2D eigenvalue weighted by Crippen LogP contribution is 2.27. The Morgan fingerprint density at radius 2 is 1.79 bits per heavy atom. The molecule has 1 aliphatic rings. The van der Waals surface area contributed by atoms with Crippen LogP contribution >= 0.6 is 0 Å². The van der Waals surface area contributed by atoms with Gasteiger partial charge in [-0.15, -0.1) is 0 Å². The first-order chi connectivity index (χ1) is 20.9. The largest absolute Gasteiger partial charge is 0.493 e. The average molecular weight is 581 g/mol. The average Bonchev–Trinajstić information content (AvgIpc) is 3.22. The Morgan fingerprint density at radius 3 is 2.63 bits per heavy atom. The molecule has 3 aromatic carbocycles. The molecule has 0 aliphatic carbocycles. The van der Waals surface area contributed by atoms with Gasteiger partial charge in [-0.25, -0.2) is 0 Å². The number of amides is 2. The van der Waals surface area contributed by atoms with E-state index in [4.69, 9.17) is 4.74 Å². The lowest BCUT2D eigenvalue weighted by Gasteiger charge is -2.23. The molecular formula is C36H44N4O3. The maximum atomic E-state index is 13.1. The molecule has 2 amide bonds. The summed E-state index contributed by atoms with van der Waals surface area (Å²) in [5, 5.41) is 7.46. The second kappa shape index (κ2) is 14.4. The molecule has 5 rings (SSSR count). The van der Waals surface area contributed by atoms with Gasteiger partial charge in [0.25, 0.3) is 0 Å². The number of rotatable bonds is 7. The lowest BCUT2D eigenvalue weighted by molar-refractivity contribution is -0.122. The van der Waals surface area contributed by atoms with Crippen LogP contribution in [-0.2, 0) is 42.6 Å². The van der Waals surface area contributed by atoms with Gasteiger partial charge in [0.1, 0.15) is 5.75 Å². The summed E-state index contributed by atoms with van der Waals surface area (Å²) in [6.07, 6.45) is 3.95. The Balaban J connectivity index is 1.28. The lowest BCUT2D eigenvalue weighted by atomic mass is 10.0. The zero-order valence-electron chi connectivity index (χ0n) is 25.7. The highest BCUT2D eigenvalue weighted by molar-refractivity contribution is 5.86. The highest BCUT2D eigenvalue weighted by atomic mass is 16.5. The van der Waals surface area contributed by atoms with Crippen molar-refractivity contribution in [3.05, 3.63) is 100 Å². The van der Waals surface area contributed by atoms with Crippen LogP contribution in [0.2, 0.25) is 0 Å². The second-order valence-electron chi connectivity index (χ2n) is 11.8. The molecule has 0 saturated heterocycles. The molecule has 0 saturated carbocycles. The molecule has 226 valence electrons. The van der Waals surface area contributed by atoms with Crippen molar-refractivity contribution in [3.8, 4) is 5.75 Å². The molecule has 0 radical (unpaired) electrons. The quantitative estimate of drug-likeness (QED) is 0.308. The van der Waals surface area contributed by atoms with E-state index >= 15 is 0 Å². The van der Waals surface area contributed by atoms with Gasteiger partial charge in [-0.2, -0.15) is 0 Å². The maximum Gasteiger partial charge on any atom is 0.234 e. The maximum absolute atomic E-state index is 13.1. The van der Waals surface area contributed by atoms with Gasteiger partial charge in [0.2, 0.25) is 11.8 Å². The van der Waals surface area contributed by atoms with Crippen LogP contribution in [-0.4, -0.2) is 47.5 Å². The van der Waals surface area contributed by atoms with Gasteiger partial charge in [0, 0.05) is 55.4 Å². The number of ether oxygens (including phenoxy) is 1. The second-order valence-corrected chi connectivity index (χ2v) is 11.8. The third-order valence-electron chi connectivity index (χ3n) is 8.38. The van der Waals surface area contributed by atoms with E-state index < -0.39 is 0 Å². The van der Waals surface area contributed by atoms with E-state index in [1.54, 1.807) is 0 Å². The fourth-order valence-corrected chi connectivity index (χ4v) is 5.97. The van der Waals surface area contributed by atoms with Gasteiger partial charge < -0.3 is 19.9 Å². The number of carbonyl (C=O) groups is 2. The molecule has 0 fully saturated rings. The van der Waals surface area contributed by atoms with Crippen LogP contribution in [0.3, 0.4) is 0 Å². The van der Waals surface area contributed by atoms with Gasteiger partial charge >= 0.3 is 0 Å². The van der Waals surface area contributed by atoms with E-state index in [0.29, 0.717) is 45.8 Å². The molecule has 2 N–H and O–H groups in total. The molecule has 7 heteroatoms. The Labute approximate surface area is 255 Å². The Morgan fingerprint density at radius 1 is 0.953 bits per heavy atom. The van der Waals surface area contributed by atoms with Crippen molar-refractivity contribution in [3.63, 3.8) is 0 Å². The first kappa shape index (κ1) is 30.4. The van der Waals surface area contributed by atoms with Crippen LogP contribution in [0.15, 0.2) is 66.7 Å². The van der Waals surface area contributed by atoms with Crippen molar-refractivity contribution in [1.29, 1.82) is 0 Å². The zero-order chi connectivity index (χ0) is 30.2. The monoisotopic (exact) mass is 580 g/mol. The molecule has 0 bridgehead atoms. The number of carbonyl (C=O) groups excluding carboxylic acids is 2. The smallest absolute Gasteiger partial charge is 0.234 e. The first-order valence-corrected chi connectivity index (χ1v) is 15.5. The number of aromatic nitrogens is 1. The molecule has 7 nitrogen and oxygen atoms in total. The van der Waals surface area contributed by atoms with Crippen LogP contribution in [0.25, 0.3) is 10.9 Å². The fraction of sp³-hybridized carbons (Fsp3) is 0.389. The molecule has 1 aromatic heterocycles. The van der Waals surface area contributed by atoms with E-state index in [0.717, 1.165) is 48.1 Å². The SMILES string of the molecule is Cc1ccc2c(CCNC(=O)Cc3ccc4c(c3)CN(Cc3ccccc3)CC(=O)NCCCCCO4)c(C)n(C)c2c1. The van der Waals surface area contributed by atoms with Crippen LogP contribution in [0.4, 0.5) is 0 Å². The predicted octanol–water partition coefficient (Wildman–Crippen LogP) is 5.38. The lowest BCUT2D eigenvalue weighted by Crippen LogP contribution is -2.37. The fourth-order valence-electron chi connectivity index (χ4n) is 5.97. The topological polar surface area (TPSA) is 75.6 Å². The summed E-state index contributed by atoms with van der Waals surface area (Å²) in [6, 6.07) is 22.8. The summed E-state index contributed by atoms with van der Waals surface area (Å²) in [6.45, 7) is 7.65. The number of hydrogen-bond acceptors (Lipinski definition) is 4. The summed E-state index contributed by atoms with van der Waals surface area (Å²) >= 11 is 0. The number of fused-ring (bicyclic) bond motifs is 2. The van der Waals surface area contributed by atoms with E-state index in [9.17, 15) is 9.59 Å². The van der Waals surface area contributed by atoms with Crippen LogP contribution < -0.4 is 15.4 Å². The van der Waals surface area contributed by atoms with Crippen molar-refractivity contribution < 1.29 is 14.3 Å². The van der Waals surface area contributed by atoms with Crippen molar-refractivity contribution in [2.24, 2.45) is 7.05 Å². The van der Waals surface area contributed by atoms with Crippen LogP contribution in [0, 0.1) is 13.8 Å². The van der Waals surface area contributed by atoms with Crippen LogP contribution in [0.5, 0.6) is 5.75 Å². The molecular weight excluding hydrogens is 536 g/mol. The number of nitrogens with one attached hydrogen (secondary N) is 2. The van der Waals surface area contributed by atoms with Crippen molar-refractivity contribution in [1.82, 2.24) is 20.1 Å². The summed E-state index contributed by atoms with van der Waals surface area (Å²) < 4.78 is 8.46. The highest BCUT2D eigenvalue weighted by Gasteiger charge is 2.17. The molecule has 43 heavy (non-hydrogen) atoms. The third kappa shape index (κ3) is 8.05. The molecule has 2 heterocycles. The van der Waals surface area contributed by atoms with E-state index in [1.807, 2.05) is 30.3 Å².